The van der Waals surface area contributed by atoms with E-state index in [0.717, 1.165) is 32.7 Å². The van der Waals surface area contributed by atoms with Gasteiger partial charge in [-0.2, -0.15) is 0 Å². The van der Waals surface area contributed by atoms with Gasteiger partial charge in [-0.3, -0.25) is 13.9 Å². The van der Waals surface area contributed by atoms with Gasteiger partial charge in [-0.05, 0) is 24.5 Å². The lowest BCUT2D eigenvalue weighted by molar-refractivity contribution is 0.0124. The van der Waals surface area contributed by atoms with Gasteiger partial charge in [0.15, 0.2) is 0 Å². The number of hydrogen-bond donors (Lipinski definition) is 1. The Morgan fingerprint density at radius 3 is 2.60 bits per heavy atom. The number of hydrogen-bond acceptors (Lipinski definition) is 4. The van der Waals surface area contributed by atoms with Crippen LogP contribution in [0.15, 0.2) is 29.2 Å². The summed E-state index contributed by atoms with van der Waals surface area (Å²) >= 11 is 0. The van der Waals surface area contributed by atoms with Crippen LogP contribution in [0.3, 0.4) is 0 Å². The Hall–Kier alpha value is -1.24. The second-order valence-electron chi connectivity index (χ2n) is 6.77. The number of morpholine rings is 1. The van der Waals surface area contributed by atoms with E-state index in [1.807, 2.05) is 19.1 Å². The second-order valence-corrected chi connectivity index (χ2v) is 8.48. The van der Waals surface area contributed by atoms with Gasteiger partial charge in [0.1, 0.15) is 0 Å². The first kappa shape index (κ1) is 20.1. The van der Waals surface area contributed by atoms with Crippen LogP contribution in [0.2, 0.25) is 0 Å². The molecule has 0 unspecified atom stereocenters. The van der Waals surface area contributed by atoms with E-state index in [2.05, 4.69) is 24.1 Å². The molecule has 0 saturated carbocycles. The molecule has 1 amide bonds. The van der Waals surface area contributed by atoms with E-state index < -0.39 is 10.8 Å². The predicted octanol–water partition coefficient (Wildman–Crippen LogP) is 2.29. The van der Waals surface area contributed by atoms with Crippen LogP contribution >= 0.6 is 0 Å². The normalized spacial score (nSPS) is 18.1. The Labute approximate surface area is 153 Å². The van der Waals surface area contributed by atoms with Gasteiger partial charge in [0.05, 0.1) is 34.5 Å². The molecule has 0 radical (unpaired) electrons. The minimum atomic E-state index is -1.14. The first-order chi connectivity index (χ1) is 12.0. The molecule has 5 nitrogen and oxygen atoms in total. The van der Waals surface area contributed by atoms with Crippen molar-refractivity contribution in [2.24, 2.45) is 5.92 Å². The lowest BCUT2D eigenvalue weighted by atomic mass is 10.0. The third-order valence-electron chi connectivity index (χ3n) is 4.44. The number of rotatable bonds is 8. The molecule has 1 fully saturated rings. The summed E-state index contributed by atoms with van der Waals surface area (Å²) in [4.78, 5) is 15.7. The molecule has 1 aliphatic heterocycles. The van der Waals surface area contributed by atoms with Gasteiger partial charge in [-0.15, -0.1) is 0 Å². The predicted molar refractivity (Wildman–Crippen MR) is 101 cm³/mol. The summed E-state index contributed by atoms with van der Waals surface area (Å²) in [6.07, 6.45) is 1.03. The van der Waals surface area contributed by atoms with Crippen LogP contribution in [0.25, 0.3) is 0 Å². The first-order valence-electron chi connectivity index (χ1n) is 9.10. The van der Waals surface area contributed by atoms with Crippen molar-refractivity contribution in [2.45, 2.75) is 38.1 Å². The van der Waals surface area contributed by atoms with Gasteiger partial charge in [0.2, 0.25) is 0 Å². The fourth-order valence-electron chi connectivity index (χ4n) is 3.16. The molecule has 6 heteroatoms. The zero-order valence-electron chi connectivity index (χ0n) is 15.5. The van der Waals surface area contributed by atoms with Crippen molar-refractivity contribution < 1.29 is 13.7 Å². The maximum absolute atomic E-state index is 12.7. The molecule has 2 rings (SSSR count). The molecule has 0 aliphatic carbocycles. The summed E-state index contributed by atoms with van der Waals surface area (Å²) in [6, 6.07) is 7.48. The van der Waals surface area contributed by atoms with Gasteiger partial charge in [-0.25, -0.2) is 0 Å². The van der Waals surface area contributed by atoms with Crippen molar-refractivity contribution in [1.82, 2.24) is 10.2 Å². The molecule has 1 aromatic carbocycles. The molecule has 25 heavy (non-hydrogen) atoms. The van der Waals surface area contributed by atoms with Crippen molar-refractivity contribution in [3.05, 3.63) is 29.8 Å². The van der Waals surface area contributed by atoms with Gasteiger partial charge >= 0.3 is 0 Å². The van der Waals surface area contributed by atoms with Crippen LogP contribution in [-0.2, 0) is 15.5 Å². The van der Waals surface area contributed by atoms with Crippen LogP contribution < -0.4 is 5.32 Å². The number of carbonyl (C=O) groups is 1. The molecule has 1 N–H and O–H groups in total. The Kier molecular flexibility index (Phi) is 8.06. The molecule has 0 bridgehead atoms. The summed E-state index contributed by atoms with van der Waals surface area (Å²) in [5.41, 5.74) is 0.521. The minimum Gasteiger partial charge on any atom is -0.379 e. The summed E-state index contributed by atoms with van der Waals surface area (Å²) in [5.74, 6) is 0.928. The number of nitrogens with zero attached hydrogens (tertiary/aromatic N) is 1. The molecule has 0 spiro atoms. The third kappa shape index (κ3) is 5.90. The largest absolute Gasteiger partial charge is 0.379 e. The SMILES string of the molecule is CC[S@](=O)c1ccccc1C(=O)NC[C@@H](CC(C)C)N1CCOCC1. The Balaban J connectivity index is 2.04. The fourth-order valence-corrected chi connectivity index (χ4v) is 4.11. The maximum Gasteiger partial charge on any atom is 0.252 e. The van der Waals surface area contributed by atoms with Crippen molar-refractivity contribution in [2.75, 3.05) is 38.6 Å². The van der Waals surface area contributed by atoms with E-state index in [9.17, 15) is 9.00 Å². The monoisotopic (exact) mass is 366 g/mol. The van der Waals surface area contributed by atoms with Crippen molar-refractivity contribution in [3.8, 4) is 0 Å². The highest BCUT2D eigenvalue weighted by Gasteiger charge is 2.23. The molecule has 0 aromatic heterocycles. The molecular weight excluding hydrogens is 336 g/mol. The standard InChI is InChI=1S/C19H30N2O3S/c1-4-25(23)18-8-6-5-7-17(18)19(22)20-14-16(13-15(2)3)21-9-11-24-12-10-21/h5-8,15-16H,4,9-14H2,1-3H3,(H,20,22)/t16-,25+/m1/s1. The van der Waals surface area contributed by atoms with E-state index >= 15 is 0 Å². The van der Waals surface area contributed by atoms with Gasteiger partial charge in [0.25, 0.3) is 5.91 Å². The average molecular weight is 367 g/mol. The number of ether oxygens (including phenoxy) is 1. The Bertz CT molecular complexity index is 586. The first-order valence-corrected chi connectivity index (χ1v) is 10.4. The second kappa shape index (κ2) is 10.0. The highest BCUT2D eigenvalue weighted by molar-refractivity contribution is 7.85. The lowest BCUT2D eigenvalue weighted by Crippen LogP contribution is -2.49. The van der Waals surface area contributed by atoms with Crippen molar-refractivity contribution >= 4 is 16.7 Å². The minimum absolute atomic E-state index is 0.139. The summed E-state index contributed by atoms with van der Waals surface area (Å²) < 4.78 is 17.6. The van der Waals surface area contributed by atoms with Gasteiger partial charge < -0.3 is 10.1 Å². The van der Waals surface area contributed by atoms with Crippen LogP contribution in [0.1, 0.15) is 37.6 Å². The number of benzene rings is 1. The van der Waals surface area contributed by atoms with Crippen LogP contribution in [0.5, 0.6) is 0 Å². The molecule has 140 valence electrons. The summed E-state index contributed by atoms with van der Waals surface area (Å²) in [6.45, 7) is 10.2. The highest BCUT2D eigenvalue weighted by Crippen LogP contribution is 2.16. The average Bonchev–Trinajstić information content (AvgIpc) is 2.64. The molecule has 2 atom stereocenters. The topological polar surface area (TPSA) is 58.6 Å². The Morgan fingerprint density at radius 2 is 1.96 bits per heavy atom. The summed E-state index contributed by atoms with van der Waals surface area (Å²) in [5, 5.41) is 3.07. The number of carbonyl (C=O) groups excluding carboxylic acids is 1. The lowest BCUT2D eigenvalue weighted by Gasteiger charge is -2.35. The molecular formula is C19H30N2O3S. The van der Waals surface area contributed by atoms with Crippen LogP contribution in [-0.4, -0.2) is 59.7 Å². The molecule has 1 saturated heterocycles. The smallest absolute Gasteiger partial charge is 0.252 e. The summed E-state index contributed by atoms with van der Waals surface area (Å²) in [7, 11) is -1.14. The maximum atomic E-state index is 12.7. The van der Waals surface area contributed by atoms with Crippen molar-refractivity contribution in [3.63, 3.8) is 0 Å². The van der Waals surface area contributed by atoms with E-state index in [1.165, 1.54) is 0 Å². The van der Waals surface area contributed by atoms with E-state index in [0.29, 0.717) is 34.7 Å². The van der Waals surface area contributed by atoms with E-state index in [-0.39, 0.29) is 5.91 Å². The molecule has 1 aliphatic rings. The van der Waals surface area contributed by atoms with Crippen LogP contribution in [0, 0.1) is 5.92 Å². The number of nitrogens with one attached hydrogen (secondary N) is 1. The van der Waals surface area contributed by atoms with E-state index in [4.69, 9.17) is 4.74 Å². The fraction of sp³-hybridized carbons (Fsp3) is 0.632. The molecule has 1 aromatic rings. The Morgan fingerprint density at radius 1 is 1.28 bits per heavy atom. The van der Waals surface area contributed by atoms with Crippen molar-refractivity contribution in [1.29, 1.82) is 0 Å². The third-order valence-corrected chi connectivity index (χ3v) is 5.81. The zero-order chi connectivity index (χ0) is 18.2. The van der Waals surface area contributed by atoms with Crippen LogP contribution in [0.4, 0.5) is 0 Å². The number of amides is 1. The van der Waals surface area contributed by atoms with Gasteiger partial charge in [-0.1, -0.05) is 32.9 Å². The zero-order valence-corrected chi connectivity index (χ0v) is 16.3. The quantitative estimate of drug-likeness (QED) is 0.767. The molecule has 1 heterocycles. The van der Waals surface area contributed by atoms with Gasteiger partial charge in [0, 0.05) is 31.4 Å². The van der Waals surface area contributed by atoms with E-state index in [1.54, 1.807) is 12.1 Å². The highest BCUT2D eigenvalue weighted by atomic mass is 32.2.